The number of morpholine rings is 1. The maximum absolute atomic E-state index is 13.7. The minimum Gasteiger partial charge on any atom is -0.494 e. The van der Waals surface area contributed by atoms with Crippen molar-refractivity contribution in [1.82, 2.24) is 14.5 Å². The van der Waals surface area contributed by atoms with Crippen molar-refractivity contribution in [2.45, 2.75) is 6.54 Å². The lowest BCUT2D eigenvalue weighted by Crippen LogP contribution is -2.38. The van der Waals surface area contributed by atoms with Crippen molar-refractivity contribution in [3.8, 4) is 5.75 Å². The number of fused-ring (bicyclic) bond motifs is 1. The highest BCUT2D eigenvalue weighted by molar-refractivity contribution is 5.80. The van der Waals surface area contributed by atoms with E-state index >= 15 is 0 Å². The summed E-state index contributed by atoms with van der Waals surface area (Å²) in [5.74, 6) is 0.170. The summed E-state index contributed by atoms with van der Waals surface area (Å²) in [5, 5.41) is 0. The summed E-state index contributed by atoms with van der Waals surface area (Å²) in [6.45, 7) is 4.93. The quantitative estimate of drug-likeness (QED) is 0.914. The largest absolute Gasteiger partial charge is 0.494 e. The molecule has 0 amide bonds. The van der Waals surface area contributed by atoms with Crippen LogP contribution in [0, 0.1) is 5.82 Å². The number of hydrogen-bond acceptors (Lipinski definition) is 5. The molecule has 2 aromatic rings. The molecule has 1 aliphatic rings. The van der Waals surface area contributed by atoms with Crippen LogP contribution >= 0.6 is 0 Å². The summed E-state index contributed by atoms with van der Waals surface area (Å²) in [7, 11) is 1.45. The maximum Gasteiger partial charge on any atom is 0.201 e. The van der Waals surface area contributed by atoms with Gasteiger partial charge in [-0.25, -0.2) is 9.37 Å². The van der Waals surface area contributed by atoms with Gasteiger partial charge in [-0.05, 0) is 0 Å². The Hall–Kier alpha value is -1.86. The summed E-state index contributed by atoms with van der Waals surface area (Å²) in [5.41, 5.74) is 7.30. The molecule has 1 saturated heterocycles. The third-order valence-electron chi connectivity index (χ3n) is 3.79. The number of halogens is 1. The predicted octanol–water partition coefficient (Wildman–Crippen LogP) is 1.10. The summed E-state index contributed by atoms with van der Waals surface area (Å²) in [4.78, 5) is 6.53. The standard InChI is InChI=1S/C14H19FN4O2/c1-20-13-9-12-11(8-10(13)15)17-14(16)19(12)3-2-18-4-6-21-7-5-18/h8-9H,2-7H2,1H3,(H2,16,17). The first-order valence-electron chi connectivity index (χ1n) is 6.98. The Morgan fingerprint density at radius 3 is 2.81 bits per heavy atom. The lowest BCUT2D eigenvalue weighted by molar-refractivity contribution is 0.0366. The molecule has 0 unspecified atom stereocenters. The minimum absolute atomic E-state index is 0.204. The van der Waals surface area contributed by atoms with Crippen LogP contribution in [0.25, 0.3) is 11.0 Å². The zero-order chi connectivity index (χ0) is 14.8. The number of rotatable bonds is 4. The number of imidazole rings is 1. The van der Waals surface area contributed by atoms with Gasteiger partial charge in [0, 0.05) is 38.3 Å². The molecule has 114 valence electrons. The number of methoxy groups -OCH3 is 1. The van der Waals surface area contributed by atoms with Gasteiger partial charge in [-0.1, -0.05) is 0 Å². The van der Waals surface area contributed by atoms with Gasteiger partial charge in [-0.3, -0.25) is 4.90 Å². The first kappa shape index (κ1) is 14.1. The van der Waals surface area contributed by atoms with Gasteiger partial charge in [-0.2, -0.15) is 0 Å². The van der Waals surface area contributed by atoms with Gasteiger partial charge < -0.3 is 19.8 Å². The fourth-order valence-corrected chi connectivity index (χ4v) is 2.60. The molecule has 1 aromatic carbocycles. The molecule has 0 radical (unpaired) electrons. The molecule has 0 spiro atoms. The highest BCUT2D eigenvalue weighted by atomic mass is 19.1. The molecule has 2 N–H and O–H groups in total. The summed E-state index contributed by atoms with van der Waals surface area (Å²) >= 11 is 0. The van der Waals surface area contributed by atoms with Gasteiger partial charge in [0.1, 0.15) is 0 Å². The van der Waals surface area contributed by atoms with Crippen LogP contribution in [0.15, 0.2) is 12.1 Å². The highest BCUT2D eigenvalue weighted by Crippen LogP contribution is 2.26. The fraction of sp³-hybridized carbons (Fsp3) is 0.500. The molecular formula is C14H19FN4O2. The third kappa shape index (κ3) is 2.79. The van der Waals surface area contributed by atoms with E-state index in [0.29, 0.717) is 18.0 Å². The number of nitrogens with two attached hydrogens (primary N) is 1. The first-order valence-corrected chi connectivity index (χ1v) is 6.98. The predicted molar refractivity (Wildman–Crippen MR) is 77.9 cm³/mol. The van der Waals surface area contributed by atoms with E-state index in [4.69, 9.17) is 15.2 Å². The van der Waals surface area contributed by atoms with Gasteiger partial charge >= 0.3 is 0 Å². The number of hydrogen-bond donors (Lipinski definition) is 1. The van der Waals surface area contributed by atoms with Crippen molar-refractivity contribution in [3.05, 3.63) is 17.9 Å². The van der Waals surface area contributed by atoms with Crippen molar-refractivity contribution in [1.29, 1.82) is 0 Å². The smallest absolute Gasteiger partial charge is 0.201 e. The molecule has 1 aliphatic heterocycles. The van der Waals surface area contributed by atoms with Crippen LogP contribution in [0.2, 0.25) is 0 Å². The van der Waals surface area contributed by atoms with Gasteiger partial charge in [0.15, 0.2) is 11.6 Å². The second-order valence-corrected chi connectivity index (χ2v) is 5.05. The molecule has 0 bridgehead atoms. The fourth-order valence-electron chi connectivity index (χ4n) is 2.60. The SMILES string of the molecule is COc1cc2c(cc1F)nc(N)n2CCN1CCOCC1. The lowest BCUT2D eigenvalue weighted by Gasteiger charge is -2.26. The molecule has 0 atom stereocenters. The van der Waals surface area contributed by atoms with Crippen molar-refractivity contribution in [2.75, 3.05) is 45.7 Å². The molecule has 0 saturated carbocycles. The van der Waals surface area contributed by atoms with Crippen molar-refractivity contribution in [2.24, 2.45) is 0 Å². The Kier molecular flexibility index (Phi) is 3.94. The maximum atomic E-state index is 13.7. The zero-order valence-corrected chi connectivity index (χ0v) is 12.0. The van der Waals surface area contributed by atoms with Crippen LogP contribution in [0.5, 0.6) is 5.75 Å². The summed E-state index contributed by atoms with van der Waals surface area (Å²) in [6, 6.07) is 3.00. The van der Waals surface area contributed by atoms with Crippen molar-refractivity contribution >= 4 is 17.0 Å². The molecule has 7 heteroatoms. The minimum atomic E-state index is -0.428. The second kappa shape index (κ2) is 5.87. The first-order chi connectivity index (χ1) is 10.2. The molecule has 21 heavy (non-hydrogen) atoms. The number of benzene rings is 1. The molecule has 3 rings (SSSR count). The molecule has 1 aromatic heterocycles. The van der Waals surface area contributed by atoms with E-state index in [1.807, 2.05) is 4.57 Å². The summed E-state index contributed by atoms with van der Waals surface area (Å²) < 4.78 is 26.0. The monoisotopic (exact) mass is 294 g/mol. The molecule has 6 nitrogen and oxygen atoms in total. The second-order valence-electron chi connectivity index (χ2n) is 5.05. The van der Waals surface area contributed by atoms with Crippen LogP contribution in [0.4, 0.5) is 10.3 Å². The average Bonchev–Trinajstić information content (AvgIpc) is 2.79. The van der Waals surface area contributed by atoms with E-state index in [0.717, 1.165) is 38.4 Å². The number of nitrogens with zero attached hydrogens (tertiary/aromatic N) is 3. The Balaban J connectivity index is 1.84. The van der Waals surface area contributed by atoms with E-state index < -0.39 is 5.82 Å². The van der Waals surface area contributed by atoms with Crippen LogP contribution in [-0.2, 0) is 11.3 Å². The van der Waals surface area contributed by atoms with Crippen LogP contribution < -0.4 is 10.5 Å². The molecule has 1 fully saturated rings. The van der Waals surface area contributed by atoms with E-state index in [1.165, 1.54) is 13.2 Å². The normalized spacial score (nSPS) is 16.5. The van der Waals surface area contributed by atoms with E-state index in [1.54, 1.807) is 6.07 Å². The number of ether oxygens (including phenoxy) is 2. The Morgan fingerprint density at radius 2 is 2.10 bits per heavy atom. The molecule has 0 aliphatic carbocycles. The average molecular weight is 294 g/mol. The zero-order valence-electron chi connectivity index (χ0n) is 12.0. The van der Waals surface area contributed by atoms with E-state index in [-0.39, 0.29) is 5.75 Å². The van der Waals surface area contributed by atoms with Gasteiger partial charge in [-0.15, -0.1) is 0 Å². The Bertz CT molecular complexity index is 637. The number of anilines is 1. The van der Waals surface area contributed by atoms with Crippen LogP contribution in [0.1, 0.15) is 0 Å². The summed E-state index contributed by atoms with van der Waals surface area (Å²) in [6.07, 6.45) is 0. The van der Waals surface area contributed by atoms with E-state index in [9.17, 15) is 4.39 Å². The lowest BCUT2D eigenvalue weighted by atomic mass is 10.3. The Morgan fingerprint density at radius 1 is 1.33 bits per heavy atom. The molecular weight excluding hydrogens is 275 g/mol. The molecule has 2 heterocycles. The topological polar surface area (TPSA) is 65.5 Å². The van der Waals surface area contributed by atoms with E-state index in [2.05, 4.69) is 9.88 Å². The van der Waals surface area contributed by atoms with Gasteiger partial charge in [0.05, 0.1) is 31.4 Å². The van der Waals surface area contributed by atoms with Crippen LogP contribution in [0.3, 0.4) is 0 Å². The van der Waals surface area contributed by atoms with Gasteiger partial charge in [0.25, 0.3) is 0 Å². The highest BCUT2D eigenvalue weighted by Gasteiger charge is 2.15. The van der Waals surface area contributed by atoms with Crippen molar-refractivity contribution < 1.29 is 13.9 Å². The van der Waals surface area contributed by atoms with Crippen LogP contribution in [-0.4, -0.2) is 54.4 Å². The van der Waals surface area contributed by atoms with Crippen molar-refractivity contribution in [3.63, 3.8) is 0 Å². The Labute approximate surface area is 122 Å². The third-order valence-corrected chi connectivity index (χ3v) is 3.79. The number of nitrogen functional groups attached to an aromatic ring is 1. The number of aromatic nitrogens is 2. The van der Waals surface area contributed by atoms with Gasteiger partial charge in [0.2, 0.25) is 5.95 Å².